The van der Waals surface area contributed by atoms with Crippen molar-refractivity contribution in [1.82, 2.24) is 19.8 Å². The third-order valence-corrected chi connectivity index (χ3v) is 4.97. The largest absolute Gasteiger partial charge is 0.497 e. The molecule has 0 saturated heterocycles. The molecule has 7 heteroatoms. The van der Waals surface area contributed by atoms with Crippen molar-refractivity contribution in [2.75, 3.05) is 27.8 Å². The molecule has 0 spiro atoms. The Balaban J connectivity index is 1.73. The fraction of sp³-hybridized carbons (Fsp3) is 0.333. The quantitative estimate of drug-likeness (QED) is 0.423. The molecule has 0 fully saturated rings. The molecule has 0 amide bonds. The van der Waals surface area contributed by atoms with Gasteiger partial charge in [0, 0.05) is 50.7 Å². The van der Waals surface area contributed by atoms with E-state index < -0.39 is 0 Å². The van der Waals surface area contributed by atoms with Gasteiger partial charge in [-0.2, -0.15) is 0 Å². The van der Waals surface area contributed by atoms with E-state index in [1.54, 1.807) is 14.2 Å². The minimum absolute atomic E-state index is 0.492. The summed E-state index contributed by atoms with van der Waals surface area (Å²) >= 11 is 0. The summed E-state index contributed by atoms with van der Waals surface area (Å²) in [6, 6.07) is 16.2. The first-order chi connectivity index (χ1) is 15.1. The number of rotatable bonds is 9. The summed E-state index contributed by atoms with van der Waals surface area (Å²) in [6.07, 6.45) is 3.82. The summed E-state index contributed by atoms with van der Waals surface area (Å²) < 4.78 is 13.0. The summed E-state index contributed by atoms with van der Waals surface area (Å²) in [5, 5.41) is 3.37. The third-order valence-electron chi connectivity index (χ3n) is 4.97. The van der Waals surface area contributed by atoms with Gasteiger partial charge in [-0.05, 0) is 24.6 Å². The Labute approximate surface area is 184 Å². The average molecular weight is 422 g/mol. The number of guanidine groups is 1. The van der Waals surface area contributed by atoms with Crippen molar-refractivity contribution >= 4 is 5.96 Å². The van der Waals surface area contributed by atoms with Crippen molar-refractivity contribution < 1.29 is 9.47 Å². The van der Waals surface area contributed by atoms with Crippen molar-refractivity contribution in [3.63, 3.8) is 0 Å². The predicted molar refractivity (Wildman–Crippen MR) is 124 cm³/mol. The van der Waals surface area contributed by atoms with Crippen molar-refractivity contribution in [2.24, 2.45) is 4.99 Å². The van der Waals surface area contributed by atoms with E-state index in [0.717, 1.165) is 41.9 Å². The Morgan fingerprint density at radius 2 is 1.94 bits per heavy atom. The van der Waals surface area contributed by atoms with E-state index in [2.05, 4.69) is 51.0 Å². The zero-order valence-corrected chi connectivity index (χ0v) is 18.7. The lowest BCUT2D eigenvalue weighted by atomic mass is 10.2. The average Bonchev–Trinajstić information content (AvgIpc) is 3.24. The summed E-state index contributed by atoms with van der Waals surface area (Å²) in [4.78, 5) is 11.4. The smallest absolute Gasteiger partial charge is 0.194 e. The van der Waals surface area contributed by atoms with Crippen LogP contribution in [0.4, 0.5) is 0 Å². The van der Waals surface area contributed by atoms with Gasteiger partial charge in [-0.1, -0.05) is 30.3 Å². The van der Waals surface area contributed by atoms with E-state index in [1.165, 1.54) is 5.56 Å². The van der Waals surface area contributed by atoms with Gasteiger partial charge in [0.2, 0.25) is 0 Å². The number of ether oxygens (including phenoxy) is 2. The van der Waals surface area contributed by atoms with Gasteiger partial charge in [-0.3, -0.25) is 0 Å². The minimum Gasteiger partial charge on any atom is -0.497 e. The van der Waals surface area contributed by atoms with Crippen LogP contribution < -0.4 is 14.8 Å². The van der Waals surface area contributed by atoms with Crippen LogP contribution in [0.15, 0.2) is 65.9 Å². The molecular formula is C24H31N5O2. The number of hydrogen-bond acceptors (Lipinski definition) is 4. The molecule has 0 bridgehead atoms. The molecule has 0 atom stereocenters. The first-order valence-corrected chi connectivity index (χ1v) is 10.4. The molecule has 1 heterocycles. The molecule has 3 rings (SSSR count). The molecule has 0 aliphatic carbocycles. The fourth-order valence-corrected chi connectivity index (χ4v) is 3.34. The fourth-order valence-electron chi connectivity index (χ4n) is 3.34. The molecule has 0 radical (unpaired) electrons. The standard InChI is InChI=1S/C24H31N5O2/c1-5-25-24(28(2)18-20-11-12-21(30-3)15-22(20)31-4)27-16-23-26-13-14-29(23)17-19-9-7-6-8-10-19/h6-15H,5,16-18H2,1-4H3,(H,25,27). The van der Waals surface area contributed by atoms with Crippen LogP contribution >= 0.6 is 0 Å². The van der Waals surface area contributed by atoms with Gasteiger partial charge < -0.3 is 24.3 Å². The van der Waals surface area contributed by atoms with Gasteiger partial charge in [0.25, 0.3) is 0 Å². The Morgan fingerprint density at radius 3 is 2.65 bits per heavy atom. The number of hydrogen-bond donors (Lipinski definition) is 1. The third kappa shape index (κ3) is 6.01. The second-order valence-corrected chi connectivity index (χ2v) is 7.16. The summed E-state index contributed by atoms with van der Waals surface area (Å²) in [6.45, 7) is 4.76. The highest BCUT2D eigenvalue weighted by molar-refractivity contribution is 5.79. The molecule has 2 aromatic carbocycles. The molecule has 0 aliphatic rings. The lowest BCUT2D eigenvalue weighted by Gasteiger charge is -2.23. The van der Waals surface area contributed by atoms with Crippen LogP contribution in [0.5, 0.6) is 11.5 Å². The highest BCUT2D eigenvalue weighted by Crippen LogP contribution is 2.25. The second-order valence-electron chi connectivity index (χ2n) is 7.16. The number of aromatic nitrogens is 2. The zero-order chi connectivity index (χ0) is 22.1. The van der Waals surface area contributed by atoms with Crippen molar-refractivity contribution in [1.29, 1.82) is 0 Å². The Bertz CT molecular complexity index is 985. The Morgan fingerprint density at radius 1 is 1.13 bits per heavy atom. The number of benzene rings is 2. The predicted octanol–water partition coefficient (Wildman–Crippen LogP) is 3.55. The maximum Gasteiger partial charge on any atom is 0.194 e. The van der Waals surface area contributed by atoms with E-state index >= 15 is 0 Å². The number of aliphatic imine (C=N–C) groups is 1. The highest BCUT2D eigenvalue weighted by atomic mass is 16.5. The molecule has 0 aliphatic heterocycles. The van der Waals surface area contributed by atoms with Gasteiger partial charge in [-0.25, -0.2) is 9.98 Å². The molecule has 3 aromatic rings. The zero-order valence-electron chi connectivity index (χ0n) is 18.7. The molecule has 1 aromatic heterocycles. The molecule has 0 unspecified atom stereocenters. The Hall–Kier alpha value is -3.48. The molecule has 1 N–H and O–H groups in total. The van der Waals surface area contributed by atoms with Crippen LogP contribution in [0.1, 0.15) is 23.9 Å². The van der Waals surface area contributed by atoms with Crippen LogP contribution in [-0.4, -0.2) is 48.2 Å². The number of nitrogens with zero attached hydrogens (tertiary/aromatic N) is 4. The van der Waals surface area contributed by atoms with E-state index in [9.17, 15) is 0 Å². The van der Waals surface area contributed by atoms with Gasteiger partial charge in [0.05, 0.1) is 14.2 Å². The first kappa shape index (κ1) is 22.2. The van der Waals surface area contributed by atoms with Crippen LogP contribution in [0.3, 0.4) is 0 Å². The van der Waals surface area contributed by atoms with Gasteiger partial charge >= 0.3 is 0 Å². The number of nitrogens with one attached hydrogen (secondary N) is 1. The van der Waals surface area contributed by atoms with E-state index in [-0.39, 0.29) is 0 Å². The second kappa shape index (κ2) is 11.1. The van der Waals surface area contributed by atoms with Crippen molar-refractivity contribution in [2.45, 2.75) is 26.6 Å². The number of imidazole rings is 1. The van der Waals surface area contributed by atoms with Crippen LogP contribution in [0.25, 0.3) is 0 Å². The SMILES string of the molecule is CCNC(=NCc1nccn1Cc1ccccc1)N(C)Cc1ccc(OC)cc1OC. The monoisotopic (exact) mass is 421 g/mol. The van der Waals surface area contributed by atoms with Gasteiger partial charge in [0.1, 0.15) is 23.9 Å². The summed E-state index contributed by atoms with van der Waals surface area (Å²) in [5.41, 5.74) is 2.29. The molecule has 164 valence electrons. The van der Waals surface area contributed by atoms with E-state index in [4.69, 9.17) is 14.5 Å². The van der Waals surface area contributed by atoms with Crippen LogP contribution in [-0.2, 0) is 19.6 Å². The summed E-state index contributed by atoms with van der Waals surface area (Å²) in [5.74, 6) is 3.30. The Kier molecular flexibility index (Phi) is 7.92. The maximum absolute atomic E-state index is 5.54. The van der Waals surface area contributed by atoms with Gasteiger partial charge in [0.15, 0.2) is 5.96 Å². The van der Waals surface area contributed by atoms with E-state index in [1.807, 2.05) is 43.7 Å². The van der Waals surface area contributed by atoms with Crippen LogP contribution in [0.2, 0.25) is 0 Å². The lowest BCUT2D eigenvalue weighted by molar-refractivity contribution is 0.382. The molecule has 7 nitrogen and oxygen atoms in total. The summed E-state index contributed by atoms with van der Waals surface area (Å²) in [7, 11) is 5.34. The minimum atomic E-state index is 0.492. The number of methoxy groups -OCH3 is 2. The lowest BCUT2D eigenvalue weighted by Crippen LogP contribution is -2.38. The van der Waals surface area contributed by atoms with Gasteiger partial charge in [-0.15, -0.1) is 0 Å². The molecule has 0 saturated carbocycles. The van der Waals surface area contributed by atoms with Crippen LogP contribution in [0, 0.1) is 0 Å². The van der Waals surface area contributed by atoms with Crippen molar-refractivity contribution in [3.05, 3.63) is 77.9 Å². The molecule has 31 heavy (non-hydrogen) atoms. The van der Waals surface area contributed by atoms with E-state index in [0.29, 0.717) is 13.1 Å². The molecular weight excluding hydrogens is 390 g/mol. The first-order valence-electron chi connectivity index (χ1n) is 10.4. The normalized spacial score (nSPS) is 11.3. The van der Waals surface area contributed by atoms with Crippen molar-refractivity contribution in [3.8, 4) is 11.5 Å². The maximum atomic E-state index is 5.54. The topological polar surface area (TPSA) is 63.9 Å². The highest BCUT2D eigenvalue weighted by Gasteiger charge is 2.12.